The molecule has 2 atom stereocenters. The molecule has 0 unspecified atom stereocenters. The quantitative estimate of drug-likeness (QED) is 0.579. The van der Waals surface area contributed by atoms with Crippen LogP contribution in [0.3, 0.4) is 0 Å². The molecule has 0 aromatic heterocycles. The minimum atomic E-state index is -0.492. The van der Waals surface area contributed by atoms with E-state index in [1.807, 2.05) is 20.8 Å². The van der Waals surface area contributed by atoms with Gasteiger partial charge in [0.2, 0.25) is 0 Å². The number of fused-ring (bicyclic) bond motifs is 1. The summed E-state index contributed by atoms with van der Waals surface area (Å²) in [5.74, 6) is 0.678. The molecule has 0 aliphatic carbocycles. The maximum Gasteiger partial charge on any atom is 0.260 e. The fourth-order valence-corrected chi connectivity index (χ4v) is 4.30. The lowest BCUT2D eigenvalue weighted by Gasteiger charge is -2.50. The van der Waals surface area contributed by atoms with Gasteiger partial charge in [-0.3, -0.25) is 14.5 Å². The van der Waals surface area contributed by atoms with E-state index in [1.54, 1.807) is 16.7 Å². The van der Waals surface area contributed by atoms with Crippen molar-refractivity contribution in [2.75, 3.05) is 18.2 Å². The molecule has 2 aliphatic rings. The zero-order valence-electron chi connectivity index (χ0n) is 11.5. The van der Waals surface area contributed by atoms with E-state index in [4.69, 9.17) is 4.74 Å². The van der Waals surface area contributed by atoms with Crippen molar-refractivity contribution < 1.29 is 14.3 Å². The molecule has 19 heavy (non-hydrogen) atoms. The maximum atomic E-state index is 12.6. The third kappa shape index (κ3) is 2.38. The van der Waals surface area contributed by atoms with Gasteiger partial charge < -0.3 is 4.74 Å². The molecule has 1 amide bonds. The summed E-state index contributed by atoms with van der Waals surface area (Å²) in [6, 6.07) is 0. The first-order chi connectivity index (χ1) is 8.82. The Kier molecular flexibility index (Phi) is 4.14. The smallest absolute Gasteiger partial charge is 0.260 e. The van der Waals surface area contributed by atoms with E-state index < -0.39 is 11.5 Å². The van der Waals surface area contributed by atoms with E-state index in [1.165, 1.54) is 7.11 Å². The lowest BCUT2D eigenvalue weighted by molar-refractivity contribution is -0.160. The third-order valence-corrected chi connectivity index (χ3v) is 5.30. The van der Waals surface area contributed by atoms with Gasteiger partial charge in [-0.1, -0.05) is 36.7 Å². The number of thioether (sulfide) groups is 1. The van der Waals surface area contributed by atoms with Crippen LogP contribution in [0.1, 0.15) is 20.8 Å². The normalized spacial score (nSPS) is 27.2. The third-order valence-electron chi connectivity index (χ3n) is 3.31. The second kappa shape index (κ2) is 5.22. The Morgan fingerprint density at radius 2 is 2.16 bits per heavy atom. The van der Waals surface area contributed by atoms with E-state index in [2.05, 4.69) is 15.9 Å². The molecule has 2 heterocycles. The number of Topliss-reactive ketones (excluding diaryl/α,β-unsaturated/α-hetero) is 1. The number of hydrogen-bond acceptors (Lipinski definition) is 4. The van der Waals surface area contributed by atoms with Crippen LogP contribution in [0.15, 0.2) is 11.3 Å². The molecular formula is C13H18BrNO3S. The van der Waals surface area contributed by atoms with Crippen molar-refractivity contribution >= 4 is 39.4 Å². The van der Waals surface area contributed by atoms with Crippen LogP contribution >= 0.6 is 27.7 Å². The number of ketones is 1. The minimum absolute atomic E-state index is 0.0233. The highest BCUT2D eigenvalue weighted by Crippen LogP contribution is 2.43. The van der Waals surface area contributed by atoms with E-state index in [0.29, 0.717) is 11.0 Å². The molecule has 0 bridgehead atoms. The van der Waals surface area contributed by atoms with Gasteiger partial charge >= 0.3 is 0 Å². The van der Waals surface area contributed by atoms with Gasteiger partial charge in [-0.05, 0) is 5.57 Å². The van der Waals surface area contributed by atoms with Crippen molar-refractivity contribution in [3.63, 3.8) is 0 Å². The molecule has 0 spiro atoms. The van der Waals surface area contributed by atoms with Crippen LogP contribution in [-0.4, -0.2) is 46.3 Å². The molecular weight excluding hydrogens is 330 g/mol. The van der Waals surface area contributed by atoms with Crippen molar-refractivity contribution in [3.8, 4) is 0 Å². The highest BCUT2D eigenvalue weighted by molar-refractivity contribution is 9.09. The van der Waals surface area contributed by atoms with Gasteiger partial charge in [0, 0.05) is 23.6 Å². The van der Waals surface area contributed by atoms with Gasteiger partial charge in [-0.15, -0.1) is 11.8 Å². The second-order valence-corrected chi connectivity index (χ2v) is 7.40. The lowest BCUT2D eigenvalue weighted by Crippen LogP contribution is -2.66. The Labute approximate surface area is 126 Å². The zero-order valence-corrected chi connectivity index (χ0v) is 13.9. The Balaban J connectivity index is 2.39. The standard InChI is InChI=1S/C13H18BrNO3S/c1-13(2,3)10(16)8-7(5-14)6-19-12-9(18-4)11(17)15(8)12/h9,12H,5-6H2,1-4H3/t9-,12-/m0/s1. The summed E-state index contributed by atoms with van der Waals surface area (Å²) < 4.78 is 5.19. The maximum absolute atomic E-state index is 12.6. The molecule has 0 saturated carbocycles. The molecule has 4 nitrogen and oxygen atoms in total. The topological polar surface area (TPSA) is 46.6 Å². The van der Waals surface area contributed by atoms with Crippen molar-refractivity contribution in [1.29, 1.82) is 0 Å². The Morgan fingerprint density at radius 3 is 2.63 bits per heavy atom. The van der Waals surface area contributed by atoms with Crippen molar-refractivity contribution in [2.24, 2.45) is 5.41 Å². The summed E-state index contributed by atoms with van der Waals surface area (Å²) in [5, 5.41) is 0.562. The molecule has 6 heteroatoms. The van der Waals surface area contributed by atoms with Crippen LogP contribution in [0.4, 0.5) is 0 Å². The van der Waals surface area contributed by atoms with Gasteiger partial charge in [0.1, 0.15) is 5.37 Å². The predicted molar refractivity (Wildman–Crippen MR) is 79.2 cm³/mol. The van der Waals surface area contributed by atoms with Crippen LogP contribution in [0.25, 0.3) is 0 Å². The number of methoxy groups -OCH3 is 1. The van der Waals surface area contributed by atoms with Gasteiger partial charge in [-0.2, -0.15) is 0 Å². The van der Waals surface area contributed by atoms with E-state index in [0.717, 1.165) is 11.3 Å². The average molecular weight is 348 g/mol. The summed E-state index contributed by atoms with van der Waals surface area (Å²) in [4.78, 5) is 26.3. The molecule has 106 valence electrons. The predicted octanol–water partition coefficient (Wildman–Crippen LogP) is 2.18. The monoisotopic (exact) mass is 347 g/mol. The summed E-state index contributed by atoms with van der Waals surface area (Å²) in [7, 11) is 1.54. The SMILES string of the molecule is CO[C@H]1C(=O)N2C(C(=O)C(C)(C)C)=C(CBr)CS[C@@H]12. The fraction of sp³-hybridized carbons (Fsp3) is 0.692. The first-order valence-corrected chi connectivity index (χ1v) is 8.30. The Morgan fingerprint density at radius 1 is 1.53 bits per heavy atom. The van der Waals surface area contributed by atoms with Crippen molar-refractivity contribution in [3.05, 3.63) is 11.3 Å². The number of halogens is 1. The lowest BCUT2D eigenvalue weighted by atomic mass is 9.86. The minimum Gasteiger partial charge on any atom is -0.368 e. The largest absolute Gasteiger partial charge is 0.368 e. The second-order valence-electron chi connectivity index (χ2n) is 5.73. The summed E-state index contributed by atoms with van der Waals surface area (Å²) in [6.45, 7) is 5.63. The molecule has 0 radical (unpaired) electrons. The number of carbonyl (C=O) groups excluding carboxylic acids is 2. The molecule has 0 aromatic carbocycles. The van der Waals surface area contributed by atoms with E-state index >= 15 is 0 Å². The van der Waals surface area contributed by atoms with E-state index in [9.17, 15) is 9.59 Å². The number of nitrogens with zero attached hydrogens (tertiary/aromatic N) is 1. The van der Waals surface area contributed by atoms with Crippen LogP contribution < -0.4 is 0 Å². The van der Waals surface area contributed by atoms with E-state index in [-0.39, 0.29) is 17.1 Å². The van der Waals surface area contributed by atoms with Crippen LogP contribution in [0.5, 0.6) is 0 Å². The summed E-state index contributed by atoms with van der Waals surface area (Å²) in [6.07, 6.45) is -0.412. The molecule has 2 rings (SSSR count). The number of rotatable bonds is 3. The van der Waals surface area contributed by atoms with Crippen LogP contribution in [-0.2, 0) is 14.3 Å². The number of carbonyl (C=O) groups is 2. The molecule has 2 aliphatic heterocycles. The van der Waals surface area contributed by atoms with Gasteiger partial charge in [-0.25, -0.2) is 0 Å². The summed E-state index contributed by atoms with van der Waals surface area (Å²) >= 11 is 5.07. The highest BCUT2D eigenvalue weighted by Gasteiger charge is 2.54. The Bertz CT molecular complexity index is 455. The van der Waals surface area contributed by atoms with Gasteiger partial charge in [0.15, 0.2) is 11.9 Å². The highest BCUT2D eigenvalue weighted by atomic mass is 79.9. The van der Waals surface area contributed by atoms with Crippen LogP contribution in [0, 0.1) is 5.41 Å². The molecule has 1 saturated heterocycles. The summed E-state index contributed by atoms with van der Waals surface area (Å²) in [5.41, 5.74) is 1.07. The fourth-order valence-electron chi connectivity index (χ4n) is 2.21. The average Bonchev–Trinajstić information content (AvgIpc) is 2.35. The number of alkyl halides is 1. The first-order valence-electron chi connectivity index (χ1n) is 6.13. The van der Waals surface area contributed by atoms with Gasteiger partial charge in [0.05, 0.1) is 5.70 Å². The van der Waals surface area contributed by atoms with Crippen molar-refractivity contribution in [1.82, 2.24) is 4.90 Å². The molecule has 0 N–H and O–H groups in total. The molecule has 1 fully saturated rings. The number of β-lactam (4-membered cyclic amide) rings is 1. The Hall–Kier alpha value is -0.330. The first kappa shape index (κ1) is 15.1. The number of allylic oxidation sites excluding steroid dienone is 1. The van der Waals surface area contributed by atoms with Gasteiger partial charge in [0.25, 0.3) is 5.91 Å². The number of hydrogen-bond donors (Lipinski definition) is 0. The van der Waals surface area contributed by atoms with Crippen LogP contribution in [0.2, 0.25) is 0 Å². The zero-order chi connectivity index (χ0) is 14.4. The number of amides is 1. The number of ether oxygens (including phenoxy) is 1. The molecule has 0 aromatic rings. The van der Waals surface area contributed by atoms with Crippen molar-refractivity contribution in [2.45, 2.75) is 32.2 Å².